The van der Waals surface area contributed by atoms with Gasteiger partial charge in [0, 0.05) is 11.1 Å². The van der Waals surface area contributed by atoms with E-state index < -0.39 is 4.84 Å². The van der Waals surface area contributed by atoms with Crippen LogP contribution in [0.3, 0.4) is 0 Å². The molecule has 0 fully saturated rings. The van der Waals surface area contributed by atoms with E-state index in [9.17, 15) is 0 Å². The van der Waals surface area contributed by atoms with Gasteiger partial charge in [-0.3, -0.25) is 0 Å². The van der Waals surface area contributed by atoms with E-state index in [1.165, 1.54) is 0 Å². The molecule has 0 radical (unpaired) electrons. The second-order valence-electron chi connectivity index (χ2n) is 1.06. The summed E-state index contributed by atoms with van der Waals surface area (Å²) in [7, 11) is 0. The van der Waals surface area contributed by atoms with E-state index in [1.54, 1.807) is 0 Å². The minimum atomic E-state index is -0.458. The van der Waals surface area contributed by atoms with Crippen LogP contribution in [0, 0.1) is 0 Å². The predicted octanol–water partition coefficient (Wildman–Crippen LogP) is 2.33. The third kappa shape index (κ3) is 3.77. The fraction of sp³-hybridized carbons (Fsp3) is 1.00. The van der Waals surface area contributed by atoms with Crippen molar-refractivity contribution < 1.29 is 0 Å². The highest BCUT2D eigenvalue weighted by molar-refractivity contribution is 7.81. The van der Waals surface area contributed by atoms with Crippen molar-refractivity contribution in [3.8, 4) is 0 Å². The molecule has 0 heterocycles. The highest BCUT2D eigenvalue weighted by atomic mass is 35.5. The first-order chi connectivity index (χ1) is 3.18. The molecule has 44 valence electrons. The molecule has 0 nitrogen and oxygen atoms in total. The molecule has 0 aliphatic rings. The molecule has 7 heavy (non-hydrogen) atoms. The second-order valence-corrected chi connectivity index (χ2v) is 3.19. The molecule has 0 saturated heterocycles. The molecule has 0 N–H and O–H groups in total. The van der Waals surface area contributed by atoms with Crippen LogP contribution in [0.2, 0.25) is 0 Å². The van der Waals surface area contributed by atoms with Crippen molar-refractivity contribution in [2.24, 2.45) is 0 Å². The molecule has 1 unspecified atom stereocenters. The molecule has 0 saturated carbocycles. The Morgan fingerprint density at radius 2 is 1.86 bits per heavy atom. The van der Waals surface area contributed by atoms with E-state index in [0.717, 1.165) is 0 Å². The van der Waals surface area contributed by atoms with Crippen LogP contribution in [0.5, 0.6) is 0 Å². The van der Waals surface area contributed by atoms with Crippen molar-refractivity contribution in [3.05, 3.63) is 0 Å². The highest BCUT2D eigenvalue weighted by Gasteiger charge is 2.08. The summed E-state index contributed by atoms with van der Waals surface area (Å²) < 4.78 is 0. The Morgan fingerprint density at radius 3 is 1.86 bits per heavy atom. The molecule has 0 aromatic carbocycles. The SMILES string of the molecule is SC(CCl)C(Cl)Cl. The summed E-state index contributed by atoms with van der Waals surface area (Å²) in [4.78, 5) is -0.458. The zero-order valence-corrected chi connectivity index (χ0v) is 6.61. The Hall–Kier alpha value is 1.22. The normalized spacial score (nSPS) is 15.0. The van der Waals surface area contributed by atoms with Crippen LogP contribution in [0.4, 0.5) is 0 Å². The molecule has 0 aliphatic heterocycles. The van der Waals surface area contributed by atoms with Gasteiger partial charge in [-0.1, -0.05) is 0 Å². The lowest BCUT2D eigenvalue weighted by Gasteiger charge is -2.03. The minimum Gasteiger partial charge on any atom is -0.172 e. The maximum atomic E-state index is 5.33. The van der Waals surface area contributed by atoms with Gasteiger partial charge in [-0.25, -0.2) is 0 Å². The van der Waals surface area contributed by atoms with Crippen molar-refractivity contribution in [2.75, 3.05) is 5.88 Å². The zero-order valence-electron chi connectivity index (χ0n) is 3.44. The van der Waals surface area contributed by atoms with Gasteiger partial charge in [-0.2, -0.15) is 12.6 Å². The third-order valence-corrected chi connectivity index (χ3v) is 2.44. The van der Waals surface area contributed by atoms with Gasteiger partial charge in [0.1, 0.15) is 4.84 Å². The maximum Gasteiger partial charge on any atom is 0.120 e. The predicted molar refractivity (Wildman–Crippen MR) is 39.0 cm³/mol. The molecule has 0 aliphatic carbocycles. The van der Waals surface area contributed by atoms with Gasteiger partial charge in [-0.05, 0) is 0 Å². The number of rotatable bonds is 2. The maximum absolute atomic E-state index is 5.33. The molecule has 1 atom stereocenters. The zero-order chi connectivity index (χ0) is 5.86. The number of halogens is 3. The molecule has 4 heteroatoms. The molecule has 0 rings (SSSR count). The second kappa shape index (κ2) is 4.13. The van der Waals surface area contributed by atoms with Crippen molar-refractivity contribution in [3.63, 3.8) is 0 Å². The molecule has 0 spiro atoms. The quantitative estimate of drug-likeness (QED) is 0.488. The molecule has 0 amide bonds. The summed E-state index contributed by atoms with van der Waals surface area (Å²) in [6.07, 6.45) is 0. The van der Waals surface area contributed by atoms with E-state index in [4.69, 9.17) is 34.8 Å². The summed E-state index contributed by atoms with van der Waals surface area (Å²) in [6.45, 7) is 0. The third-order valence-electron chi connectivity index (χ3n) is 0.449. The van der Waals surface area contributed by atoms with Crippen LogP contribution in [-0.2, 0) is 0 Å². The molecular formula is C3H5Cl3S. The number of thiol groups is 1. The monoisotopic (exact) mass is 178 g/mol. The fourth-order valence-electron chi connectivity index (χ4n) is 0.0673. The van der Waals surface area contributed by atoms with Gasteiger partial charge in [0.25, 0.3) is 0 Å². The first-order valence-electron chi connectivity index (χ1n) is 1.70. The number of alkyl halides is 3. The molecular weight excluding hydrogens is 174 g/mol. The average Bonchev–Trinajstić information content (AvgIpc) is 1.65. The molecule has 0 aromatic heterocycles. The lowest BCUT2D eigenvalue weighted by Crippen LogP contribution is -2.09. The minimum absolute atomic E-state index is 0.106. The first-order valence-corrected chi connectivity index (χ1v) is 3.63. The summed E-state index contributed by atoms with van der Waals surface area (Å²) in [5, 5.41) is -0.106. The van der Waals surface area contributed by atoms with E-state index >= 15 is 0 Å². The Bertz CT molecular complexity index is 47.4. The average molecular weight is 179 g/mol. The van der Waals surface area contributed by atoms with Crippen molar-refractivity contribution in [2.45, 2.75) is 10.1 Å². The summed E-state index contributed by atoms with van der Waals surface area (Å²) in [5.41, 5.74) is 0. The highest BCUT2D eigenvalue weighted by Crippen LogP contribution is 2.13. The topological polar surface area (TPSA) is 0 Å². The van der Waals surface area contributed by atoms with Crippen LogP contribution in [0.25, 0.3) is 0 Å². The summed E-state index contributed by atoms with van der Waals surface area (Å²) in [6, 6.07) is 0. The van der Waals surface area contributed by atoms with Gasteiger partial charge in [0.15, 0.2) is 0 Å². The van der Waals surface area contributed by atoms with E-state index in [1.807, 2.05) is 0 Å². The first kappa shape index (κ1) is 8.22. The smallest absolute Gasteiger partial charge is 0.120 e. The Morgan fingerprint density at radius 1 is 1.43 bits per heavy atom. The number of hydrogen-bond acceptors (Lipinski definition) is 1. The van der Waals surface area contributed by atoms with Crippen molar-refractivity contribution >= 4 is 47.4 Å². The van der Waals surface area contributed by atoms with E-state index in [0.29, 0.717) is 5.88 Å². The van der Waals surface area contributed by atoms with Gasteiger partial charge in [-0.15, -0.1) is 34.8 Å². The van der Waals surface area contributed by atoms with Crippen LogP contribution < -0.4 is 0 Å². The standard InChI is InChI=1S/C3H5Cl3S/c4-1-2(7)3(5)6/h2-3,7H,1H2. The van der Waals surface area contributed by atoms with Crippen molar-refractivity contribution in [1.29, 1.82) is 0 Å². The van der Waals surface area contributed by atoms with Gasteiger partial charge in [0.05, 0.1) is 0 Å². The van der Waals surface area contributed by atoms with Gasteiger partial charge < -0.3 is 0 Å². The van der Waals surface area contributed by atoms with Gasteiger partial charge >= 0.3 is 0 Å². The van der Waals surface area contributed by atoms with Gasteiger partial charge in [0.2, 0.25) is 0 Å². The van der Waals surface area contributed by atoms with E-state index in [2.05, 4.69) is 12.6 Å². The lowest BCUT2D eigenvalue weighted by molar-refractivity contribution is 1.08. The number of hydrogen-bond donors (Lipinski definition) is 1. The summed E-state index contributed by atoms with van der Waals surface area (Å²) >= 11 is 19.9. The van der Waals surface area contributed by atoms with Crippen LogP contribution in [0.15, 0.2) is 0 Å². The van der Waals surface area contributed by atoms with Crippen molar-refractivity contribution in [1.82, 2.24) is 0 Å². The summed E-state index contributed by atoms with van der Waals surface area (Å²) in [5.74, 6) is 0.390. The fourth-order valence-corrected chi connectivity index (χ4v) is 0.606. The Kier molecular flexibility index (Phi) is 4.85. The largest absolute Gasteiger partial charge is 0.172 e. The lowest BCUT2D eigenvalue weighted by atomic mass is 10.5. The molecule has 0 aromatic rings. The van der Waals surface area contributed by atoms with Crippen LogP contribution >= 0.6 is 47.4 Å². The van der Waals surface area contributed by atoms with E-state index in [-0.39, 0.29) is 5.25 Å². The Balaban J connectivity index is 3.14. The van der Waals surface area contributed by atoms with Crippen LogP contribution in [-0.4, -0.2) is 16.0 Å². The van der Waals surface area contributed by atoms with Crippen LogP contribution in [0.1, 0.15) is 0 Å². The Labute approximate surface area is 63.5 Å². The molecule has 0 bridgehead atoms.